The lowest BCUT2D eigenvalue weighted by Gasteiger charge is -1.96. The Balaban J connectivity index is 2.48. The molecule has 0 bridgehead atoms. The van der Waals surface area contributed by atoms with Crippen LogP contribution in [0.4, 0.5) is 0 Å². The van der Waals surface area contributed by atoms with Crippen molar-refractivity contribution >= 4 is 0 Å². The second kappa shape index (κ2) is 5.81. The van der Waals surface area contributed by atoms with Gasteiger partial charge in [-0.25, -0.2) is 0 Å². The number of nitrogens with zero attached hydrogens (tertiary/aromatic N) is 2. The Morgan fingerprint density at radius 2 is 2.21 bits per heavy atom. The fourth-order valence-electron chi connectivity index (χ4n) is 1.63. The van der Waals surface area contributed by atoms with Crippen molar-refractivity contribution in [2.75, 3.05) is 13.6 Å². The highest BCUT2D eigenvalue weighted by Crippen LogP contribution is 2.07. The molecule has 3 heteroatoms. The van der Waals surface area contributed by atoms with E-state index in [4.69, 9.17) is 0 Å². The average Bonchev–Trinajstić information content (AvgIpc) is 2.49. The van der Waals surface area contributed by atoms with Gasteiger partial charge in [-0.15, -0.1) is 0 Å². The molecule has 14 heavy (non-hydrogen) atoms. The number of nitrogens with one attached hydrogen (secondary N) is 1. The zero-order valence-corrected chi connectivity index (χ0v) is 9.51. The monoisotopic (exact) mass is 195 g/mol. The quantitative estimate of drug-likeness (QED) is 0.698. The van der Waals surface area contributed by atoms with Gasteiger partial charge in [0.1, 0.15) is 0 Å². The minimum atomic E-state index is 1.07. The molecule has 0 atom stereocenters. The first-order valence-corrected chi connectivity index (χ1v) is 5.44. The van der Waals surface area contributed by atoms with E-state index in [9.17, 15) is 0 Å². The molecule has 0 unspecified atom stereocenters. The van der Waals surface area contributed by atoms with Crippen LogP contribution >= 0.6 is 0 Å². The van der Waals surface area contributed by atoms with Crippen molar-refractivity contribution in [2.45, 2.75) is 32.6 Å². The largest absolute Gasteiger partial charge is 0.320 e. The zero-order valence-electron chi connectivity index (χ0n) is 9.51. The molecule has 1 N–H and O–H groups in total. The van der Waals surface area contributed by atoms with Crippen LogP contribution in [-0.4, -0.2) is 23.4 Å². The molecule has 1 rings (SSSR count). The lowest BCUT2D eigenvalue weighted by molar-refractivity contribution is 0.668. The van der Waals surface area contributed by atoms with E-state index in [-0.39, 0.29) is 0 Å². The van der Waals surface area contributed by atoms with Crippen LogP contribution in [0.25, 0.3) is 0 Å². The number of aryl methyl sites for hydroxylation is 3. The number of rotatable bonds is 6. The van der Waals surface area contributed by atoms with Gasteiger partial charge in [0.15, 0.2) is 0 Å². The fourth-order valence-corrected chi connectivity index (χ4v) is 1.63. The molecule has 80 valence electrons. The third kappa shape index (κ3) is 3.14. The smallest absolute Gasteiger partial charge is 0.0627 e. The standard InChI is InChI=1S/C11H21N3/c1-4-6-11-9-10(13-14(11)3)7-5-8-12-2/h9,12H,4-8H2,1-3H3. The van der Waals surface area contributed by atoms with Crippen molar-refractivity contribution in [1.29, 1.82) is 0 Å². The maximum Gasteiger partial charge on any atom is 0.0627 e. The van der Waals surface area contributed by atoms with Crippen molar-refractivity contribution < 1.29 is 0 Å². The Bertz CT molecular complexity index is 265. The molecule has 0 saturated carbocycles. The van der Waals surface area contributed by atoms with Crippen molar-refractivity contribution in [3.8, 4) is 0 Å². The molecule has 1 aromatic rings. The summed E-state index contributed by atoms with van der Waals surface area (Å²) in [6, 6.07) is 2.24. The number of hydrogen-bond acceptors (Lipinski definition) is 2. The molecule has 0 aliphatic carbocycles. The van der Waals surface area contributed by atoms with Crippen molar-refractivity contribution in [3.05, 3.63) is 17.5 Å². The van der Waals surface area contributed by atoms with Crippen LogP contribution in [-0.2, 0) is 19.9 Å². The molecule has 3 nitrogen and oxygen atoms in total. The topological polar surface area (TPSA) is 29.9 Å². The van der Waals surface area contributed by atoms with Gasteiger partial charge in [-0.2, -0.15) is 5.10 Å². The summed E-state index contributed by atoms with van der Waals surface area (Å²) in [5.74, 6) is 0. The summed E-state index contributed by atoms with van der Waals surface area (Å²) in [6.45, 7) is 3.27. The summed E-state index contributed by atoms with van der Waals surface area (Å²) in [6.07, 6.45) is 4.57. The Hall–Kier alpha value is -0.830. The first-order valence-electron chi connectivity index (χ1n) is 5.44. The summed E-state index contributed by atoms with van der Waals surface area (Å²) in [5, 5.41) is 7.64. The van der Waals surface area contributed by atoms with E-state index >= 15 is 0 Å². The molecule has 1 heterocycles. The van der Waals surface area contributed by atoms with Gasteiger partial charge in [-0.05, 0) is 38.9 Å². The van der Waals surface area contributed by atoms with Crippen LogP contribution in [0.1, 0.15) is 31.2 Å². The van der Waals surface area contributed by atoms with Crippen molar-refractivity contribution in [3.63, 3.8) is 0 Å². The van der Waals surface area contributed by atoms with Crippen LogP contribution in [0, 0.1) is 0 Å². The molecule has 0 fully saturated rings. The van der Waals surface area contributed by atoms with E-state index < -0.39 is 0 Å². The third-order valence-corrected chi connectivity index (χ3v) is 2.39. The molecule has 0 aromatic carbocycles. The maximum absolute atomic E-state index is 4.49. The van der Waals surface area contributed by atoms with Crippen LogP contribution in [0.5, 0.6) is 0 Å². The van der Waals surface area contributed by atoms with E-state index in [0.717, 1.165) is 19.4 Å². The number of aromatic nitrogens is 2. The minimum absolute atomic E-state index is 1.07. The van der Waals surface area contributed by atoms with Gasteiger partial charge in [-0.3, -0.25) is 4.68 Å². The summed E-state index contributed by atoms with van der Waals surface area (Å²) in [7, 11) is 4.02. The normalized spacial score (nSPS) is 10.8. The van der Waals surface area contributed by atoms with Crippen molar-refractivity contribution in [1.82, 2.24) is 15.1 Å². The second-order valence-electron chi connectivity index (χ2n) is 3.71. The fraction of sp³-hybridized carbons (Fsp3) is 0.727. The zero-order chi connectivity index (χ0) is 10.4. The average molecular weight is 195 g/mol. The lowest BCUT2D eigenvalue weighted by atomic mass is 10.2. The van der Waals surface area contributed by atoms with E-state index in [1.54, 1.807) is 0 Å². The SMILES string of the molecule is CCCc1cc(CCCNC)nn1C. The van der Waals surface area contributed by atoms with Gasteiger partial charge in [0.25, 0.3) is 0 Å². The van der Waals surface area contributed by atoms with E-state index in [1.165, 1.54) is 24.2 Å². The van der Waals surface area contributed by atoms with E-state index in [2.05, 4.69) is 23.4 Å². The molecular weight excluding hydrogens is 174 g/mol. The van der Waals surface area contributed by atoms with Crippen LogP contribution in [0.2, 0.25) is 0 Å². The molecule has 0 saturated heterocycles. The minimum Gasteiger partial charge on any atom is -0.320 e. The van der Waals surface area contributed by atoms with Crippen LogP contribution in [0.15, 0.2) is 6.07 Å². The molecule has 0 aliphatic rings. The molecule has 0 spiro atoms. The molecule has 0 amide bonds. The highest BCUT2D eigenvalue weighted by molar-refractivity contribution is 5.10. The Labute approximate surface area is 86.5 Å². The van der Waals surface area contributed by atoms with Crippen molar-refractivity contribution in [2.24, 2.45) is 7.05 Å². The Kier molecular flexibility index (Phi) is 4.66. The predicted molar refractivity (Wildman–Crippen MR) is 59.5 cm³/mol. The van der Waals surface area contributed by atoms with Gasteiger partial charge in [0.2, 0.25) is 0 Å². The first kappa shape index (κ1) is 11.2. The lowest BCUT2D eigenvalue weighted by Crippen LogP contribution is -2.08. The molecule has 0 radical (unpaired) electrons. The summed E-state index contributed by atoms with van der Waals surface area (Å²) < 4.78 is 2.01. The highest BCUT2D eigenvalue weighted by Gasteiger charge is 2.03. The van der Waals surface area contributed by atoms with Crippen LogP contribution < -0.4 is 5.32 Å². The van der Waals surface area contributed by atoms with Gasteiger partial charge in [0, 0.05) is 12.7 Å². The van der Waals surface area contributed by atoms with Gasteiger partial charge < -0.3 is 5.32 Å². The summed E-state index contributed by atoms with van der Waals surface area (Å²) in [5.41, 5.74) is 2.58. The van der Waals surface area contributed by atoms with Crippen LogP contribution in [0.3, 0.4) is 0 Å². The molecule has 0 aliphatic heterocycles. The van der Waals surface area contributed by atoms with Gasteiger partial charge >= 0.3 is 0 Å². The summed E-state index contributed by atoms with van der Waals surface area (Å²) >= 11 is 0. The van der Waals surface area contributed by atoms with E-state index in [0.29, 0.717) is 0 Å². The molecular formula is C11H21N3. The second-order valence-corrected chi connectivity index (χ2v) is 3.71. The maximum atomic E-state index is 4.49. The summed E-state index contributed by atoms with van der Waals surface area (Å²) in [4.78, 5) is 0. The highest BCUT2D eigenvalue weighted by atomic mass is 15.3. The predicted octanol–water partition coefficient (Wildman–Crippen LogP) is 1.52. The Morgan fingerprint density at radius 1 is 1.43 bits per heavy atom. The van der Waals surface area contributed by atoms with E-state index in [1.807, 2.05) is 18.8 Å². The first-order chi connectivity index (χ1) is 6.77. The van der Waals surface area contributed by atoms with Gasteiger partial charge in [0.05, 0.1) is 5.69 Å². The number of hydrogen-bond donors (Lipinski definition) is 1. The van der Waals surface area contributed by atoms with Gasteiger partial charge in [-0.1, -0.05) is 13.3 Å². The molecule has 1 aromatic heterocycles. The third-order valence-electron chi connectivity index (χ3n) is 2.39. The Morgan fingerprint density at radius 3 is 2.86 bits per heavy atom.